The Bertz CT molecular complexity index is 792. The van der Waals surface area contributed by atoms with Crippen molar-refractivity contribution in [3.63, 3.8) is 0 Å². The van der Waals surface area contributed by atoms with Crippen LogP contribution in [0.25, 0.3) is 0 Å². The summed E-state index contributed by atoms with van der Waals surface area (Å²) in [5.41, 5.74) is 1.73. The van der Waals surface area contributed by atoms with E-state index in [1.54, 1.807) is 18.2 Å². The zero-order chi connectivity index (χ0) is 18.4. The smallest absolute Gasteiger partial charge is 0.417 e. The molecule has 1 amide bonds. The molecule has 25 heavy (non-hydrogen) atoms. The molecule has 0 aliphatic carbocycles. The number of carbonyl (C=O) groups excluding carboxylic acids is 1. The van der Waals surface area contributed by atoms with Crippen LogP contribution < -0.4 is 10.2 Å². The molecule has 2 aromatic carbocycles. The lowest BCUT2D eigenvalue weighted by molar-refractivity contribution is -0.137. The number of nitrogens with zero attached hydrogens (tertiary/aromatic N) is 1. The van der Waals surface area contributed by atoms with Crippen LogP contribution in [-0.2, 0) is 17.4 Å². The molecule has 0 saturated heterocycles. The van der Waals surface area contributed by atoms with E-state index in [1.807, 2.05) is 0 Å². The van der Waals surface area contributed by atoms with Gasteiger partial charge in [0.05, 0.1) is 25.3 Å². The van der Waals surface area contributed by atoms with Crippen LogP contribution in [0.1, 0.15) is 16.7 Å². The highest BCUT2D eigenvalue weighted by atomic mass is 35.5. The fourth-order valence-corrected chi connectivity index (χ4v) is 2.25. The molecule has 0 fully saturated rings. The lowest BCUT2D eigenvalue weighted by atomic mass is 10.1. The lowest BCUT2D eigenvalue weighted by Gasteiger charge is -2.09. The van der Waals surface area contributed by atoms with Crippen molar-refractivity contribution in [1.29, 1.82) is 0 Å². The zero-order valence-electron chi connectivity index (χ0n) is 13.1. The van der Waals surface area contributed by atoms with Gasteiger partial charge in [0.25, 0.3) is 0 Å². The van der Waals surface area contributed by atoms with Gasteiger partial charge in [-0.2, -0.15) is 18.3 Å². The number of hydrogen-bond acceptors (Lipinski definition) is 3. The minimum Gasteiger partial charge on any atom is -0.497 e. The highest BCUT2D eigenvalue weighted by Crippen LogP contribution is 2.31. The minimum atomic E-state index is -4.50. The Morgan fingerprint density at radius 3 is 2.68 bits per heavy atom. The van der Waals surface area contributed by atoms with Crippen molar-refractivity contribution in [3.05, 3.63) is 64.2 Å². The van der Waals surface area contributed by atoms with Crippen molar-refractivity contribution < 1.29 is 22.7 Å². The molecule has 0 spiro atoms. The van der Waals surface area contributed by atoms with Gasteiger partial charge in [-0.05, 0) is 29.8 Å². The number of amides is 1. The van der Waals surface area contributed by atoms with Gasteiger partial charge >= 0.3 is 6.18 Å². The summed E-state index contributed by atoms with van der Waals surface area (Å²) in [6.45, 7) is 0. The molecular weight excluding hydrogens is 357 g/mol. The molecule has 0 aliphatic heterocycles. The molecule has 0 bridgehead atoms. The summed E-state index contributed by atoms with van der Waals surface area (Å²) >= 11 is 6.00. The van der Waals surface area contributed by atoms with Crippen molar-refractivity contribution in [2.75, 3.05) is 7.11 Å². The highest BCUT2D eigenvalue weighted by molar-refractivity contribution is 6.31. The Balaban J connectivity index is 2.05. The normalized spacial score (nSPS) is 11.6. The molecule has 132 valence electrons. The summed E-state index contributed by atoms with van der Waals surface area (Å²) in [5.74, 6) is 0.0192. The summed E-state index contributed by atoms with van der Waals surface area (Å²) in [6.07, 6.45) is -3.64. The molecular formula is C17H14ClF3N2O2. The SMILES string of the molecule is COc1ccc(Cl)c(CC(=O)N/N=C/c2ccccc2C(F)(F)F)c1. The van der Waals surface area contributed by atoms with Crippen LogP contribution in [-0.4, -0.2) is 19.2 Å². The number of hydrazone groups is 1. The predicted molar refractivity (Wildman–Crippen MR) is 88.9 cm³/mol. The number of ether oxygens (including phenoxy) is 1. The van der Waals surface area contributed by atoms with E-state index in [1.165, 1.54) is 25.3 Å². The van der Waals surface area contributed by atoms with E-state index < -0.39 is 17.6 Å². The van der Waals surface area contributed by atoms with Crippen molar-refractivity contribution in [1.82, 2.24) is 5.43 Å². The lowest BCUT2D eigenvalue weighted by Crippen LogP contribution is -2.20. The second-order valence-electron chi connectivity index (χ2n) is 5.01. The summed E-state index contributed by atoms with van der Waals surface area (Å²) < 4.78 is 43.6. The quantitative estimate of drug-likeness (QED) is 0.637. The first-order valence-corrected chi connectivity index (χ1v) is 7.49. The molecule has 2 aromatic rings. The largest absolute Gasteiger partial charge is 0.497 e. The minimum absolute atomic E-state index is 0.0890. The van der Waals surface area contributed by atoms with E-state index in [0.717, 1.165) is 12.3 Å². The van der Waals surface area contributed by atoms with Crippen LogP contribution in [0.2, 0.25) is 5.02 Å². The molecule has 0 atom stereocenters. The number of hydrogen-bond donors (Lipinski definition) is 1. The maximum absolute atomic E-state index is 12.9. The van der Waals surface area contributed by atoms with Gasteiger partial charge < -0.3 is 4.74 Å². The molecule has 0 unspecified atom stereocenters. The molecule has 0 saturated carbocycles. The number of methoxy groups -OCH3 is 1. The second-order valence-corrected chi connectivity index (χ2v) is 5.42. The highest BCUT2D eigenvalue weighted by Gasteiger charge is 2.32. The third-order valence-corrected chi connectivity index (χ3v) is 3.63. The van der Waals surface area contributed by atoms with Crippen LogP contribution in [0, 0.1) is 0 Å². The van der Waals surface area contributed by atoms with Crippen molar-refractivity contribution in [2.24, 2.45) is 5.10 Å². The summed E-state index contributed by atoms with van der Waals surface area (Å²) in [7, 11) is 1.48. The van der Waals surface area contributed by atoms with Crippen LogP contribution in [0.5, 0.6) is 5.75 Å². The molecule has 1 N–H and O–H groups in total. The van der Waals surface area contributed by atoms with Gasteiger partial charge in [-0.25, -0.2) is 5.43 Å². The summed E-state index contributed by atoms with van der Waals surface area (Å²) in [5, 5.41) is 3.96. The van der Waals surface area contributed by atoms with E-state index >= 15 is 0 Å². The standard InChI is InChI=1S/C17H14ClF3N2O2/c1-25-13-6-7-15(18)12(8-13)9-16(24)23-22-10-11-4-2-3-5-14(11)17(19,20)21/h2-8,10H,9H2,1H3,(H,23,24)/b22-10+. The molecule has 2 rings (SSSR count). The molecule has 0 aromatic heterocycles. The van der Waals surface area contributed by atoms with Crippen LogP contribution in [0.4, 0.5) is 13.2 Å². The summed E-state index contributed by atoms with van der Waals surface area (Å²) in [6, 6.07) is 9.78. The number of rotatable bonds is 5. The maximum atomic E-state index is 12.9. The first-order valence-electron chi connectivity index (χ1n) is 7.12. The zero-order valence-corrected chi connectivity index (χ0v) is 13.9. The molecule has 0 aliphatic rings. The third kappa shape index (κ3) is 5.22. The number of alkyl halides is 3. The van der Waals surface area contributed by atoms with E-state index in [0.29, 0.717) is 16.3 Å². The molecule has 4 nitrogen and oxygen atoms in total. The van der Waals surface area contributed by atoms with E-state index in [4.69, 9.17) is 16.3 Å². The molecule has 0 radical (unpaired) electrons. The summed E-state index contributed by atoms with van der Waals surface area (Å²) in [4.78, 5) is 11.9. The average molecular weight is 371 g/mol. The van der Waals surface area contributed by atoms with Crippen LogP contribution in [0.15, 0.2) is 47.6 Å². The number of nitrogens with one attached hydrogen (secondary N) is 1. The van der Waals surface area contributed by atoms with E-state index in [-0.39, 0.29) is 12.0 Å². The van der Waals surface area contributed by atoms with Gasteiger partial charge in [-0.15, -0.1) is 0 Å². The van der Waals surface area contributed by atoms with Gasteiger partial charge in [0, 0.05) is 10.6 Å². The van der Waals surface area contributed by atoms with Gasteiger partial charge in [0.15, 0.2) is 0 Å². The van der Waals surface area contributed by atoms with Crippen molar-refractivity contribution in [2.45, 2.75) is 12.6 Å². The van der Waals surface area contributed by atoms with Gasteiger partial charge in [-0.1, -0.05) is 29.8 Å². The van der Waals surface area contributed by atoms with E-state index in [9.17, 15) is 18.0 Å². The number of carbonyl (C=O) groups is 1. The molecule has 0 heterocycles. The van der Waals surface area contributed by atoms with Crippen molar-refractivity contribution in [3.8, 4) is 5.75 Å². The number of benzene rings is 2. The first-order chi connectivity index (χ1) is 11.8. The fourth-order valence-electron chi connectivity index (χ4n) is 2.07. The van der Waals surface area contributed by atoms with Crippen LogP contribution >= 0.6 is 11.6 Å². The first kappa shape index (κ1) is 18.8. The molecule has 8 heteroatoms. The Hall–Kier alpha value is -2.54. The van der Waals surface area contributed by atoms with E-state index in [2.05, 4.69) is 10.5 Å². The number of halogens is 4. The van der Waals surface area contributed by atoms with Gasteiger partial charge in [0.1, 0.15) is 5.75 Å². The maximum Gasteiger partial charge on any atom is 0.417 e. The van der Waals surface area contributed by atoms with Gasteiger partial charge in [0.2, 0.25) is 5.91 Å². The second kappa shape index (κ2) is 8.02. The monoisotopic (exact) mass is 370 g/mol. The Labute approximate surface area is 147 Å². The predicted octanol–water partition coefficient (Wildman–Crippen LogP) is 4.06. The Morgan fingerprint density at radius 2 is 2.00 bits per heavy atom. The fraction of sp³-hybridized carbons (Fsp3) is 0.176. The Morgan fingerprint density at radius 1 is 1.28 bits per heavy atom. The van der Waals surface area contributed by atoms with Crippen molar-refractivity contribution >= 4 is 23.7 Å². The third-order valence-electron chi connectivity index (χ3n) is 3.26. The average Bonchev–Trinajstić information content (AvgIpc) is 2.56. The topological polar surface area (TPSA) is 50.7 Å². The van der Waals surface area contributed by atoms with Crippen LogP contribution in [0.3, 0.4) is 0 Å². The Kier molecular flexibility index (Phi) is 6.03. The van der Waals surface area contributed by atoms with Gasteiger partial charge in [-0.3, -0.25) is 4.79 Å².